The molecular formula is C14H20N2O3. The van der Waals surface area contributed by atoms with Gasteiger partial charge in [0, 0.05) is 23.7 Å². The molecule has 19 heavy (non-hydrogen) atoms. The van der Waals surface area contributed by atoms with E-state index in [1.54, 1.807) is 6.07 Å². The van der Waals surface area contributed by atoms with Crippen molar-refractivity contribution in [3.63, 3.8) is 0 Å². The predicted molar refractivity (Wildman–Crippen MR) is 74.4 cm³/mol. The van der Waals surface area contributed by atoms with Crippen LogP contribution in [0.25, 0.3) is 0 Å². The average molecular weight is 264 g/mol. The van der Waals surface area contributed by atoms with Gasteiger partial charge < -0.3 is 0 Å². The Morgan fingerprint density at radius 1 is 1.37 bits per heavy atom. The van der Waals surface area contributed by atoms with E-state index in [4.69, 9.17) is 0 Å². The van der Waals surface area contributed by atoms with E-state index in [-0.39, 0.29) is 24.1 Å². The maximum atomic E-state index is 12.1. The normalized spacial score (nSPS) is 12.7. The van der Waals surface area contributed by atoms with Gasteiger partial charge in [0.1, 0.15) is 0 Å². The SMILES string of the molecule is CC(C)C(C)N(C)CC(=O)c1cccc([N+](=O)[O-])c1. The molecule has 104 valence electrons. The topological polar surface area (TPSA) is 63.5 Å². The van der Waals surface area contributed by atoms with Gasteiger partial charge in [-0.05, 0) is 19.9 Å². The smallest absolute Gasteiger partial charge is 0.270 e. The summed E-state index contributed by atoms with van der Waals surface area (Å²) in [6.45, 7) is 6.52. The minimum atomic E-state index is -0.489. The molecule has 1 unspecified atom stereocenters. The molecule has 0 fully saturated rings. The van der Waals surface area contributed by atoms with Crippen molar-refractivity contribution < 1.29 is 9.72 Å². The fourth-order valence-corrected chi connectivity index (χ4v) is 1.76. The number of carbonyl (C=O) groups is 1. The van der Waals surface area contributed by atoms with Crippen molar-refractivity contribution in [2.75, 3.05) is 13.6 Å². The number of carbonyl (C=O) groups excluding carboxylic acids is 1. The maximum absolute atomic E-state index is 12.1. The number of hydrogen-bond acceptors (Lipinski definition) is 4. The van der Waals surface area contributed by atoms with Crippen LogP contribution in [0.2, 0.25) is 0 Å². The van der Waals surface area contributed by atoms with E-state index in [1.807, 2.05) is 11.9 Å². The van der Waals surface area contributed by atoms with Crippen LogP contribution in [0.3, 0.4) is 0 Å². The number of nitrogens with zero attached hydrogens (tertiary/aromatic N) is 2. The Balaban J connectivity index is 2.78. The fourth-order valence-electron chi connectivity index (χ4n) is 1.76. The van der Waals surface area contributed by atoms with Gasteiger partial charge in [-0.3, -0.25) is 19.8 Å². The van der Waals surface area contributed by atoms with Gasteiger partial charge in [0.25, 0.3) is 5.69 Å². The third kappa shape index (κ3) is 4.13. The molecule has 0 aliphatic rings. The van der Waals surface area contributed by atoms with E-state index < -0.39 is 4.92 Å². The summed E-state index contributed by atoms with van der Waals surface area (Å²) >= 11 is 0. The van der Waals surface area contributed by atoms with Crippen molar-refractivity contribution in [1.82, 2.24) is 4.90 Å². The number of Topliss-reactive ketones (excluding diaryl/α,β-unsaturated/α-hetero) is 1. The van der Waals surface area contributed by atoms with Crippen LogP contribution in [0.5, 0.6) is 0 Å². The van der Waals surface area contributed by atoms with Crippen LogP contribution in [0.15, 0.2) is 24.3 Å². The van der Waals surface area contributed by atoms with Crippen LogP contribution in [-0.2, 0) is 0 Å². The van der Waals surface area contributed by atoms with Crippen LogP contribution in [0.1, 0.15) is 31.1 Å². The summed E-state index contributed by atoms with van der Waals surface area (Å²) in [6.07, 6.45) is 0. The summed E-state index contributed by atoms with van der Waals surface area (Å²) in [5.41, 5.74) is 0.336. The highest BCUT2D eigenvalue weighted by Gasteiger charge is 2.18. The van der Waals surface area contributed by atoms with Crippen LogP contribution < -0.4 is 0 Å². The molecule has 1 rings (SSSR count). The van der Waals surface area contributed by atoms with Crippen LogP contribution in [0, 0.1) is 16.0 Å². The van der Waals surface area contributed by atoms with E-state index in [1.165, 1.54) is 18.2 Å². The van der Waals surface area contributed by atoms with E-state index in [0.29, 0.717) is 11.5 Å². The number of nitro groups is 1. The molecule has 0 spiro atoms. The molecule has 1 aromatic rings. The van der Waals surface area contributed by atoms with Gasteiger partial charge in [-0.25, -0.2) is 0 Å². The highest BCUT2D eigenvalue weighted by Crippen LogP contribution is 2.15. The summed E-state index contributed by atoms with van der Waals surface area (Å²) < 4.78 is 0. The highest BCUT2D eigenvalue weighted by molar-refractivity contribution is 5.98. The third-order valence-electron chi connectivity index (χ3n) is 3.43. The molecule has 0 saturated heterocycles. The molecule has 1 aromatic carbocycles. The second-order valence-electron chi connectivity index (χ2n) is 5.13. The lowest BCUT2D eigenvalue weighted by atomic mass is 10.0. The minimum Gasteiger partial charge on any atom is -0.296 e. The second-order valence-corrected chi connectivity index (χ2v) is 5.13. The van der Waals surface area contributed by atoms with Gasteiger partial charge in [-0.2, -0.15) is 0 Å². The maximum Gasteiger partial charge on any atom is 0.270 e. The molecule has 5 heteroatoms. The van der Waals surface area contributed by atoms with Gasteiger partial charge in [0.2, 0.25) is 0 Å². The number of hydrogen-bond donors (Lipinski definition) is 0. The van der Waals surface area contributed by atoms with E-state index >= 15 is 0 Å². The van der Waals surface area contributed by atoms with Crippen molar-refractivity contribution >= 4 is 11.5 Å². The van der Waals surface area contributed by atoms with Crippen molar-refractivity contribution in [2.45, 2.75) is 26.8 Å². The number of nitro benzene ring substituents is 1. The molecule has 0 amide bonds. The standard InChI is InChI=1S/C14H20N2O3/c1-10(2)11(3)15(4)9-14(17)12-6-5-7-13(8-12)16(18)19/h5-8,10-11H,9H2,1-4H3. The summed E-state index contributed by atoms with van der Waals surface area (Å²) in [7, 11) is 1.89. The monoisotopic (exact) mass is 264 g/mol. The Hall–Kier alpha value is -1.75. The largest absolute Gasteiger partial charge is 0.296 e. The van der Waals surface area contributed by atoms with Gasteiger partial charge in [0.15, 0.2) is 5.78 Å². The lowest BCUT2D eigenvalue weighted by Gasteiger charge is -2.27. The molecule has 0 saturated carbocycles. The first-order chi connectivity index (χ1) is 8.82. The van der Waals surface area contributed by atoms with Gasteiger partial charge in [0.05, 0.1) is 11.5 Å². The Morgan fingerprint density at radius 2 is 2.00 bits per heavy atom. The molecule has 1 atom stereocenters. The number of ketones is 1. The number of likely N-dealkylation sites (N-methyl/N-ethyl adjacent to an activating group) is 1. The summed E-state index contributed by atoms with van der Waals surface area (Å²) in [4.78, 5) is 24.2. The van der Waals surface area contributed by atoms with Crippen molar-refractivity contribution in [3.05, 3.63) is 39.9 Å². The highest BCUT2D eigenvalue weighted by atomic mass is 16.6. The van der Waals surface area contributed by atoms with E-state index in [0.717, 1.165) is 0 Å². The van der Waals surface area contributed by atoms with Gasteiger partial charge >= 0.3 is 0 Å². The lowest BCUT2D eigenvalue weighted by Crippen LogP contribution is -2.37. The Morgan fingerprint density at radius 3 is 2.53 bits per heavy atom. The average Bonchev–Trinajstić information content (AvgIpc) is 2.37. The van der Waals surface area contributed by atoms with Crippen molar-refractivity contribution in [1.29, 1.82) is 0 Å². The zero-order valence-electron chi connectivity index (χ0n) is 11.8. The second kappa shape index (κ2) is 6.43. The first-order valence-corrected chi connectivity index (χ1v) is 6.30. The van der Waals surface area contributed by atoms with Gasteiger partial charge in [-0.15, -0.1) is 0 Å². The summed E-state index contributed by atoms with van der Waals surface area (Å²) in [5, 5.41) is 10.7. The zero-order chi connectivity index (χ0) is 14.6. The lowest BCUT2D eigenvalue weighted by molar-refractivity contribution is -0.384. The number of rotatable bonds is 6. The van der Waals surface area contributed by atoms with Crippen LogP contribution in [-0.4, -0.2) is 35.2 Å². The molecule has 0 aliphatic carbocycles. The van der Waals surface area contributed by atoms with E-state index in [9.17, 15) is 14.9 Å². The first kappa shape index (κ1) is 15.3. The molecule has 0 aliphatic heterocycles. The molecule has 0 radical (unpaired) electrons. The quantitative estimate of drug-likeness (QED) is 0.450. The summed E-state index contributed by atoms with van der Waals surface area (Å²) in [5.74, 6) is 0.349. The van der Waals surface area contributed by atoms with Crippen molar-refractivity contribution in [3.8, 4) is 0 Å². The zero-order valence-corrected chi connectivity index (χ0v) is 11.8. The van der Waals surface area contributed by atoms with Crippen LogP contribution >= 0.6 is 0 Å². The molecule has 0 heterocycles. The molecular weight excluding hydrogens is 244 g/mol. The molecule has 0 aromatic heterocycles. The first-order valence-electron chi connectivity index (χ1n) is 6.30. The fraction of sp³-hybridized carbons (Fsp3) is 0.500. The van der Waals surface area contributed by atoms with Gasteiger partial charge in [-0.1, -0.05) is 26.0 Å². The van der Waals surface area contributed by atoms with Crippen LogP contribution in [0.4, 0.5) is 5.69 Å². The molecule has 0 bridgehead atoms. The Labute approximate surface area is 113 Å². The Kier molecular flexibility index (Phi) is 5.18. The third-order valence-corrected chi connectivity index (χ3v) is 3.43. The van der Waals surface area contributed by atoms with E-state index in [2.05, 4.69) is 20.8 Å². The molecule has 5 nitrogen and oxygen atoms in total. The number of non-ortho nitro benzene ring substituents is 1. The molecule has 0 N–H and O–H groups in total. The van der Waals surface area contributed by atoms with Crippen molar-refractivity contribution in [2.24, 2.45) is 5.92 Å². The Bertz CT molecular complexity index is 472. The predicted octanol–water partition coefficient (Wildman–Crippen LogP) is 2.75. The number of benzene rings is 1. The summed E-state index contributed by atoms with van der Waals surface area (Å²) in [6, 6.07) is 6.15. The minimum absolute atomic E-state index is 0.0505.